The number of halogens is 1. The van der Waals surface area contributed by atoms with Crippen LogP contribution in [-0.2, 0) is 0 Å². The molecule has 5 heteroatoms. The Hall–Kier alpha value is -0.810. The van der Waals surface area contributed by atoms with Gasteiger partial charge in [0.15, 0.2) is 0 Å². The lowest BCUT2D eigenvalue weighted by Crippen LogP contribution is -2.18. The fourth-order valence-corrected chi connectivity index (χ4v) is 0.994. The van der Waals surface area contributed by atoms with E-state index in [0.29, 0.717) is 11.6 Å². The number of aliphatic hydroxyl groups is 1. The highest BCUT2D eigenvalue weighted by molar-refractivity contribution is 9.10. The second-order valence-corrected chi connectivity index (χ2v) is 3.34. The van der Waals surface area contributed by atoms with Gasteiger partial charge >= 0.3 is 0 Å². The smallest absolute Gasteiger partial charge is 0.140 e. The minimum atomic E-state index is -0.701. The lowest BCUT2D eigenvalue weighted by molar-refractivity contribution is 0.236. The highest BCUT2D eigenvalue weighted by Gasteiger charge is 2.03. The first-order chi connectivity index (χ1) is 6.13. The molecule has 0 saturated heterocycles. The summed E-state index contributed by atoms with van der Waals surface area (Å²) in [6, 6.07) is 3.50. The zero-order valence-electron chi connectivity index (χ0n) is 7.16. The van der Waals surface area contributed by atoms with E-state index in [0.717, 1.165) is 4.47 Å². The summed E-state index contributed by atoms with van der Waals surface area (Å²) >= 11 is 3.23. The lowest BCUT2D eigenvalue weighted by Gasteiger charge is -2.11. The Balaban J connectivity index is 2.73. The Morgan fingerprint density at radius 1 is 1.69 bits per heavy atom. The summed E-state index contributed by atoms with van der Waals surface area (Å²) in [5.74, 6) is 0.944. The molecule has 1 unspecified atom stereocenters. The molecular formula is C8H11BrN3O. The van der Waals surface area contributed by atoms with E-state index < -0.39 is 6.23 Å². The van der Waals surface area contributed by atoms with E-state index in [1.807, 2.05) is 0 Å². The Morgan fingerprint density at radius 2 is 2.38 bits per heavy atom. The Morgan fingerprint density at radius 3 is 2.92 bits per heavy atom. The van der Waals surface area contributed by atoms with Crippen molar-refractivity contribution in [2.45, 2.75) is 13.2 Å². The quantitative estimate of drug-likeness (QED) is 0.703. The van der Waals surface area contributed by atoms with Gasteiger partial charge in [0.25, 0.3) is 0 Å². The third-order valence-corrected chi connectivity index (χ3v) is 2.16. The topological polar surface area (TPSA) is 71.2 Å². The molecule has 0 aliphatic heterocycles. The van der Waals surface area contributed by atoms with E-state index in [9.17, 15) is 5.11 Å². The molecule has 0 aliphatic rings. The van der Waals surface area contributed by atoms with Crippen molar-refractivity contribution in [1.29, 1.82) is 0 Å². The van der Waals surface area contributed by atoms with Crippen molar-refractivity contribution in [3.8, 4) is 0 Å². The van der Waals surface area contributed by atoms with Crippen LogP contribution in [0.4, 0.5) is 11.6 Å². The number of nitrogens with zero attached hydrogens (tertiary/aromatic N) is 1. The largest absolute Gasteiger partial charge is 0.383 e. The van der Waals surface area contributed by atoms with Gasteiger partial charge in [0.2, 0.25) is 0 Å². The fourth-order valence-electron chi connectivity index (χ4n) is 0.773. The van der Waals surface area contributed by atoms with Crippen LogP contribution >= 0.6 is 15.9 Å². The minimum absolute atomic E-state index is 0.397. The van der Waals surface area contributed by atoms with E-state index >= 15 is 0 Å². The molecule has 0 spiro atoms. The number of hydrogen-bond donors (Lipinski definition) is 3. The number of rotatable bonds is 3. The minimum Gasteiger partial charge on any atom is -0.383 e. The predicted molar refractivity (Wildman–Crippen MR) is 56.0 cm³/mol. The zero-order chi connectivity index (χ0) is 9.84. The highest BCUT2D eigenvalue weighted by atomic mass is 79.9. The number of nitrogen functional groups attached to an aromatic ring is 1. The molecule has 4 nitrogen and oxygen atoms in total. The normalized spacial score (nSPS) is 12.5. The van der Waals surface area contributed by atoms with Crippen LogP contribution in [-0.4, -0.2) is 16.3 Å². The van der Waals surface area contributed by atoms with Crippen LogP contribution in [0.2, 0.25) is 0 Å². The van der Waals surface area contributed by atoms with Crippen LogP contribution in [0.1, 0.15) is 6.92 Å². The Labute approximate surface area is 85.3 Å². The molecule has 0 aromatic carbocycles. The molecule has 71 valence electrons. The molecule has 1 radical (unpaired) electrons. The third-order valence-electron chi connectivity index (χ3n) is 1.48. The number of aliphatic hydroxyl groups excluding tert-OH is 1. The number of nitrogens with one attached hydrogen (secondary N) is 1. The van der Waals surface area contributed by atoms with E-state index in [1.165, 1.54) is 0 Å². The Bertz CT molecular complexity index is 293. The lowest BCUT2D eigenvalue weighted by atomic mass is 10.4. The molecule has 4 N–H and O–H groups in total. The standard InChI is InChI=1S/C8H11BrN3O/c1-2-7(13)11-6-4-3-5(9)8(10)12-6/h2-4,7,13H,1H3,(H3,10,11,12). The average Bonchev–Trinajstić information content (AvgIpc) is 2.11. The van der Waals surface area contributed by atoms with Gasteiger partial charge in [0.1, 0.15) is 17.9 Å². The molecule has 0 aliphatic carbocycles. The number of pyridine rings is 1. The van der Waals surface area contributed by atoms with Crippen LogP contribution < -0.4 is 11.1 Å². The molecule has 13 heavy (non-hydrogen) atoms. The van der Waals surface area contributed by atoms with Gasteiger partial charge in [0.05, 0.1) is 4.47 Å². The van der Waals surface area contributed by atoms with Crippen LogP contribution in [0, 0.1) is 6.42 Å². The zero-order valence-corrected chi connectivity index (χ0v) is 8.75. The van der Waals surface area contributed by atoms with Crippen molar-refractivity contribution < 1.29 is 5.11 Å². The monoisotopic (exact) mass is 244 g/mol. The summed E-state index contributed by atoms with van der Waals surface area (Å²) < 4.78 is 0.744. The van der Waals surface area contributed by atoms with Gasteiger partial charge in [-0.2, -0.15) is 0 Å². The average molecular weight is 245 g/mol. The first-order valence-corrected chi connectivity index (χ1v) is 4.59. The first-order valence-electron chi connectivity index (χ1n) is 3.79. The summed E-state index contributed by atoms with van der Waals surface area (Å²) in [4.78, 5) is 4.00. The van der Waals surface area contributed by atoms with Crippen molar-refractivity contribution in [2.75, 3.05) is 11.1 Å². The van der Waals surface area contributed by atoms with Crippen LogP contribution in [0.5, 0.6) is 0 Å². The number of anilines is 2. The number of aromatic nitrogens is 1. The third kappa shape index (κ3) is 2.86. The molecule has 0 bridgehead atoms. The summed E-state index contributed by atoms with van der Waals surface area (Å²) in [6.45, 7) is 1.75. The van der Waals surface area contributed by atoms with Crippen molar-refractivity contribution in [1.82, 2.24) is 4.98 Å². The van der Waals surface area contributed by atoms with Crippen molar-refractivity contribution >= 4 is 27.6 Å². The molecule has 1 heterocycles. The second-order valence-electron chi connectivity index (χ2n) is 2.49. The molecule has 0 fully saturated rings. The molecular weight excluding hydrogens is 234 g/mol. The van der Waals surface area contributed by atoms with Crippen molar-refractivity contribution in [3.05, 3.63) is 23.0 Å². The van der Waals surface area contributed by atoms with Gasteiger partial charge in [0, 0.05) is 6.42 Å². The summed E-state index contributed by atoms with van der Waals surface area (Å²) in [5, 5.41) is 12.0. The maximum Gasteiger partial charge on any atom is 0.140 e. The van der Waals surface area contributed by atoms with Crippen LogP contribution in [0.15, 0.2) is 16.6 Å². The SMILES string of the molecule is C[CH]C(O)Nc1ccc(Br)c(N)n1. The molecule has 1 rings (SSSR count). The molecule has 0 amide bonds. The first kappa shape index (κ1) is 10.3. The van der Waals surface area contributed by atoms with E-state index in [2.05, 4.69) is 26.2 Å². The summed E-state index contributed by atoms with van der Waals surface area (Å²) in [5.41, 5.74) is 5.55. The highest BCUT2D eigenvalue weighted by Crippen LogP contribution is 2.19. The number of nitrogens with two attached hydrogens (primary N) is 1. The van der Waals surface area contributed by atoms with Crippen LogP contribution in [0.25, 0.3) is 0 Å². The van der Waals surface area contributed by atoms with Crippen LogP contribution in [0.3, 0.4) is 0 Å². The summed E-state index contributed by atoms with van der Waals surface area (Å²) in [7, 11) is 0. The molecule has 0 saturated carbocycles. The maximum atomic E-state index is 9.21. The van der Waals surface area contributed by atoms with Gasteiger partial charge in [-0.15, -0.1) is 0 Å². The second kappa shape index (κ2) is 4.43. The van der Waals surface area contributed by atoms with Gasteiger partial charge in [-0.05, 0) is 28.1 Å². The molecule has 1 aromatic heterocycles. The van der Waals surface area contributed by atoms with Gasteiger partial charge in [-0.25, -0.2) is 4.98 Å². The van der Waals surface area contributed by atoms with E-state index in [1.54, 1.807) is 25.5 Å². The van der Waals surface area contributed by atoms with E-state index in [-0.39, 0.29) is 0 Å². The van der Waals surface area contributed by atoms with Crippen molar-refractivity contribution in [3.63, 3.8) is 0 Å². The number of hydrogen-bond acceptors (Lipinski definition) is 4. The van der Waals surface area contributed by atoms with Gasteiger partial charge < -0.3 is 16.2 Å². The molecule has 1 aromatic rings. The van der Waals surface area contributed by atoms with Gasteiger partial charge in [-0.3, -0.25) is 0 Å². The van der Waals surface area contributed by atoms with Gasteiger partial charge in [-0.1, -0.05) is 6.92 Å². The van der Waals surface area contributed by atoms with E-state index in [4.69, 9.17) is 5.73 Å². The summed E-state index contributed by atoms with van der Waals surface area (Å²) in [6.07, 6.45) is 0.910. The fraction of sp³-hybridized carbons (Fsp3) is 0.250. The van der Waals surface area contributed by atoms with Crippen molar-refractivity contribution in [2.24, 2.45) is 0 Å². The molecule has 1 atom stereocenters. The predicted octanol–water partition coefficient (Wildman–Crippen LogP) is 1.38. The maximum absolute atomic E-state index is 9.21. The Kier molecular flexibility index (Phi) is 3.50.